The molecule has 0 bridgehead atoms. The summed E-state index contributed by atoms with van der Waals surface area (Å²) in [6.45, 7) is 1.97. The van der Waals surface area contributed by atoms with Gasteiger partial charge in [-0.1, -0.05) is 0 Å². The van der Waals surface area contributed by atoms with E-state index in [-0.39, 0.29) is 10.8 Å². The number of rotatable bonds is 0. The van der Waals surface area contributed by atoms with E-state index in [4.69, 9.17) is 11.6 Å². The minimum atomic E-state index is -0.144. The average molecular weight is 145 g/mol. The first kappa shape index (κ1) is 5.72. The zero-order chi connectivity index (χ0) is 6.65. The standard InChI is InChI=1S/C7H9ClO/c1-7(8)4-2-3-5(9)6(4)7/h4,6H,2-3H2,1H3. The van der Waals surface area contributed by atoms with Crippen molar-refractivity contribution >= 4 is 17.4 Å². The molecule has 0 aromatic rings. The SMILES string of the molecule is CC1(Cl)C2CCC(=O)C21. The quantitative estimate of drug-likeness (QED) is 0.472. The Morgan fingerprint density at radius 2 is 2.44 bits per heavy atom. The van der Waals surface area contributed by atoms with E-state index in [1.807, 2.05) is 6.92 Å². The molecule has 3 unspecified atom stereocenters. The van der Waals surface area contributed by atoms with Crippen molar-refractivity contribution < 1.29 is 4.79 Å². The van der Waals surface area contributed by atoms with Crippen LogP contribution in [0.15, 0.2) is 0 Å². The largest absolute Gasteiger partial charge is 0.299 e. The minimum Gasteiger partial charge on any atom is -0.299 e. The monoisotopic (exact) mass is 144 g/mol. The van der Waals surface area contributed by atoms with Gasteiger partial charge in [-0.3, -0.25) is 4.79 Å². The second kappa shape index (κ2) is 1.34. The molecular weight excluding hydrogens is 136 g/mol. The number of carbonyl (C=O) groups excluding carboxylic acids is 1. The number of ketones is 1. The lowest BCUT2D eigenvalue weighted by Gasteiger charge is -2.01. The molecule has 0 heterocycles. The van der Waals surface area contributed by atoms with Crippen molar-refractivity contribution in [1.82, 2.24) is 0 Å². The van der Waals surface area contributed by atoms with E-state index in [0.29, 0.717) is 11.7 Å². The highest BCUT2D eigenvalue weighted by molar-refractivity contribution is 6.29. The molecule has 2 aliphatic carbocycles. The van der Waals surface area contributed by atoms with Gasteiger partial charge in [0.05, 0.1) is 4.87 Å². The summed E-state index contributed by atoms with van der Waals surface area (Å²) in [5, 5.41) is 0. The van der Waals surface area contributed by atoms with Gasteiger partial charge in [0, 0.05) is 12.3 Å². The van der Waals surface area contributed by atoms with Gasteiger partial charge in [-0.2, -0.15) is 0 Å². The Morgan fingerprint density at radius 1 is 1.78 bits per heavy atom. The summed E-state index contributed by atoms with van der Waals surface area (Å²) < 4.78 is 0. The molecule has 0 aromatic heterocycles. The van der Waals surface area contributed by atoms with E-state index in [1.165, 1.54) is 0 Å². The fourth-order valence-corrected chi connectivity index (χ4v) is 2.45. The van der Waals surface area contributed by atoms with Gasteiger partial charge < -0.3 is 0 Å². The molecule has 0 aliphatic heterocycles. The smallest absolute Gasteiger partial charge is 0.138 e. The van der Waals surface area contributed by atoms with Gasteiger partial charge in [0.25, 0.3) is 0 Å². The fraction of sp³-hybridized carbons (Fsp3) is 0.857. The normalized spacial score (nSPS) is 55.6. The first-order chi connectivity index (χ1) is 4.14. The summed E-state index contributed by atoms with van der Waals surface area (Å²) in [6, 6.07) is 0. The Kier molecular flexibility index (Phi) is 0.852. The molecule has 2 aliphatic rings. The molecule has 0 N–H and O–H groups in total. The van der Waals surface area contributed by atoms with Crippen LogP contribution in [0.4, 0.5) is 0 Å². The van der Waals surface area contributed by atoms with Crippen LogP contribution in [0.2, 0.25) is 0 Å². The lowest BCUT2D eigenvalue weighted by atomic mass is 10.1. The number of hydrogen-bond acceptors (Lipinski definition) is 1. The summed E-state index contributed by atoms with van der Waals surface area (Å²) >= 11 is 5.98. The topological polar surface area (TPSA) is 17.1 Å². The molecule has 1 nitrogen and oxygen atoms in total. The molecule has 2 heteroatoms. The van der Waals surface area contributed by atoms with Crippen LogP contribution in [0.25, 0.3) is 0 Å². The highest BCUT2D eigenvalue weighted by atomic mass is 35.5. The summed E-state index contributed by atoms with van der Waals surface area (Å²) in [7, 11) is 0. The molecule has 0 radical (unpaired) electrons. The van der Waals surface area contributed by atoms with Gasteiger partial charge in [0.15, 0.2) is 0 Å². The van der Waals surface area contributed by atoms with E-state index in [0.717, 1.165) is 12.8 Å². The molecule has 0 spiro atoms. The summed E-state index contributed by atoms with van der Waals surface area (Å²) in [5.74, 6) is 1.13. The van der Waals surface area contributed by atoms with Crippen LogP contribution >= 0.6 is 11.6 Å². The van der Waals surface area contributed by atoms with Crippen LogP contribution < -0.4 is 0 Å². The predicted molar refractivity (Wildman–Crippen MR) is 35.5 cm³/mol. The summed E-state index contributed by atoms with van der Waals surface area (Å²) in [4.78, 5) is 10.8. The molecular formula is C7H9ClO. The van der Waals surface area contributed by atoms with Crippen molar-refractivity contribution in [2.75, 3.05) is 0 Å². The summed E-state index contributed by atoms with van der Waals surface area (Å²) in [5.41, 5.74) is 0. The van der Waals surface area contributed by atoms with Crippen LogP contribution in [0.1, 0.15) is 19.8 Å². The molecule has 0 aromatic carbocycles. The molecule has 50 valence electrons. The second-order valence-electron chi connectivity index (χ2n) is 3.24. The van der Waals surface area contributed by atoms with Crippen LogP contribution in [0, 0.1) is 11.8 Å². The van der Waals surface area contributed by atoms with E-state index in [9.17, 15) is 4.79 Å². The van der Waals surface area contributed by atoms with Crippen LogP contribution in [0.5, 0.6) is 0 Å². The number of Topliss-reactive ketones (excluding diaryl/α,β-unsaturated/α-hetero) is 1. The van der Waals surface area contributed by atoms with Crippen molar-refractivity contribution in [2.24, 2.45) is 11.8 Å². The first-order valence-corrected chi connectivity index (χ1v) is 3.73. The molecule has 2 rings (SSSR count). The first-order valence-electron chi connectivity index (χ1n) is 3.35. The number of carbonyl (C=O) groups is 1. The third-order valence-corrected chi connectivity index (χ3v) is 3.19. The molecule has 2 fully saturated rings. The Bertz CT molecular complexity index is 174. The van der Waals surface area contributed by atoms with Gasteiger partial charge in [0.2, 0.25) is 0 Å². The Morgan fingerprint density at radius 3 is 2.67 bits per heavy atom. The third kappa shape index (κ3) is 0.536. The van der Waals surface area contributed by atoms with Gasteiger partial charge in [-0.15, -0.1) is 11.6 Å². The average Bonchev–Trinajstić information content (AvgIpc) is 2.19. The zero-order valence-corrected chi connectivity index (χ0v) is 6.11. The maximum Gasteiger partial charge on any atom is 0.138 e. The third-order valence-electron chi connectivity index (χ3n) is 2.67. The van der Waals surface area contributed by atoms with E-state index < -0.39 is 0 Å². The predicted octanol–water partition coefficient (Wildman–Crippen LogP) is 1.59. The zero-order valence-electron chi connectivity index (χ0n) is 5.36. The Hall–Kier alpha value is -0.0400. The Balaban J connectivity index is 2.23. The van der Waals surface area contributed by atoms with Crippen LogP contribution in [-0.4, -0.2) is 10.7 Å². The lowest BCUT2D eigenvalue weighted by molar-refractivity contribution is -0.119. The highest BCUT2D eigenvalue weighted by Crippen LogP contribution is 2.62. The van der Waals surface area contributed by atoms with Crippen molar-refractivity contribution in [1.29, 1.82) is 0 Å². The lowest BCUT2D eigenvalue weighted by Crippen LogP contribution is -2.07. The van der Waals surface area contributed by atoms with Crippen molar-refractivity contribution in [3.8, 4) is 0 Å². The second-order valence-corrected chi connectivity index (χ2v) is 4.05. The highest BCUT2D eigenvalue weighted by Gasteiger charge is 2.66. The van der Waals surface area contributed by atoms with Gasteiger partial charge in [-0.05, 0) is 19.3 Å². The van der Waals surface area contributed by atoms with Crippen molar-refractivity contribution in [2.45, 2.75) is 24.6 Å². The maximum atomic E-state index is 10.9. The number of hydrogen-bond donors (Lipinski definition) is 0. The van der Waals surface area contributed by atoms with E-state index >= 15 is 0 Å². The van der Waals surface area contributed by atoms with Crippen LogP contribution in [0.3, 0.4) is 0 Å². The molecule has 9 heavy (non-hydrogen) atoms. The molecule has 0 saturated heterocycles. The minimum absolute atomic E-state index is 0.144. The van der Waals surface area contributed by atoms with E-state index in [1.54, 1.807) is 0 Å². The number of halogens is 1. The number of fused-ring (bicyclic) bond motifs is 1. The van der Waals surface area contributed by atoms with Crippen LogP contribution in [-0.2, 0) is 4.79 Å². The summed E-state index contributed by atoms with van der Waals surface area (Å²) in [6.07, 6.45) is 1.81. The molecule has 0 amide bonds. The van der Waals surface area contributed by atoms with E-state index in [2.05, 4.69) is 0 Å². The van der Waals surface area contributed by atoms with Crippen molar-refractivity contribution in [3.63, 3.8) is 0 Å². The maximum absolute atomic E-state index is 10.9. The van der Waals surface area contributed by atoms with Gasteiger partial charge >= 0.3 is 0 Å². The number of alkyl halides is 1. The van der Waals surface area contributed by atoms with Crippen molar-refractivity contribution in [3.05, 3.63) is 0 Å². The molecule has 2 saturated carbocycles. The van der Waals surface area contributed by atoms with Gasteiger partial charge in [0.1, 0.15) is 5.78 Å². The fourth-order valence-electron chi connectivity index (χ4n) is 2.01. The Labute approximate surface area is 59.4 Å². The molecule has 3 atom stereocenters. The van der Waals surface area contributed by atoms with Gasteiger partial charge in [-0.25, -0.2) is 0 Å².